The Bertz CT molecular complexity index is 1290. The summed E-state index contributed by atoms with van der Waals surface area (Å²) < 4.78 is 0. The summed E-state index contributed by atoms with van der Waals surface area (Å²) in [6, 6.07) is 18.1. The minimum atomic E-state index is -0.0154. The quantitative estimate of drug-likeness (QED) is 0.427. The molecule has 1 amide bonds. The standard InChI is InChI=1S/C27H29N7O/c28-11-1-2-27(35)31-22-6-3-20(4-7-22)21-5-8-24-25(18-21)32-26(19-30-24)34-16-14-33(15-17-34)23-9-12-29-13-10-23/h3-10,12-13,18-19H,1-2,11,14-17,28H2,(H,31,35). The molecule has 0 atom stereocenters. The molecule has 1 fully saturated rings. The van der Waals surface area contributed by atoms with Crippen LogP contribution in [0.1, 0.15) is 12.8 Å². The lowest BCUT2D eigenvalue weighted by Gasteiger charge is -2.36. The SMILES string of the molecule is NCCCC(=O)Nc1ccc(-c2ccc3ncc(N4CCN(c5ccncc5)CC4)nc3c2)cc1. The van der Waals surface area contributed by atoms with Crippen molar-refractivity contribution < 1.29 is 4.79 Å². The molecule has 1 saturated heterocycles. The van der Waals surface area contributed by atoms with E-state index in [0.29, 0.717) is 19.4 Å². The topological polar surface area (TPSA) is 100 Å². The summed E-state index contributed by atoms with van der Waals surface area (Å²) in [5, 5.41) is 2.91. The van der Waals surface area contributed by atoms with Gasteiger partial charge in [-0.05, 0) is 60.5 Å². The van der Waals surface area contributed by atoms with E-state index in [1.54, 1.807) is 0 Å². The number of carbonyl (C=O) groups excluding carboxylic acids is 1. The van der Waals surface area contributed by atoms with Gasteiger partial charge in [-0.2, -0.15) is 0 Å². The van der Waals surface area contributed by atoms with E-state index < -0.39 is 0 Å². The van der Waals surface area contributed by atoms with Crippen molar-refractivity contribution in [1.29, 1.82) is 0 Å². The molecule has 178 valence electrons. The van der Waals surface area contributed by atoms with E-state index in [0.717, 1.165) is 59.8 Å². The number of nitrogens with one attached hydrogen (secondary N) is 1. The maximum Gasteiger partial charge on any atom is 0.224 e. The van der Waals surface area contributed by atoms with Crippen LogP contribution in [0.3, 0.4) is 0 Å². The highest BCUT2D eigenvalue weighted by atomic mass is 16.1. The molecular weight excluding hydrogens is 438 g/mol. The molecule has 35 heavy (non-hydrogen) atoms. The fraction of sp³-hybridized carbons (Fsp3) is 0.259. The van der Waals surface area contributed by atoms with E-state index in [1.165, 1.54) is 5.69 Å². The minimum absolute atomic E-state index is 0.0154. The number of anilines is 3. The van der Waals surface area contributed by atoms with Gasteiger partial charge in [0, 0.05) is 56.4 Å². The zero-order chi connectivity index (χ0) is 24.0. The number of pyridine rings is 1. The van der Waals surface area contributed by atoms with Crippen molar-refractivity contribution in [2.75, 3.05) is 47.8 Å². The lowest BCUT2D eigenvalue weighted by molar-refractivity contribution is -0.116. The molecule has 1 aliphatic rings. The molecule has 0 saturated carbocycles. The number of carbonyl (C=O) groups is 1. The Labute approximate surface area is 204 Å². The zero-order valence-corrected chi connectivity index (χ0v) is 19.6. The Morgan fingerprint density at radius 2 is 1.60 bits per heavy atom. The maximum absolute atomic E-state index is 11.9. The number of rotatable bonds is 7. The van der Waals surface area contributed by atoms with Gasteiger partial charge in [-0.25, -0.2) is 4.98 Å². The van der Waals surface area contributed by atoms with Crippen molar-refractivity contribution in [3.8, 4) is 11.1 Å². The van der Waals surface area contributed by atoms with Crippen LogP contribution in [0, 0.1) is 0 Å². The van der Waals surface area contributed by atoms with Crippen LogP contribution < -0.4 is 20.9 Å². The number of nitrogens with two attached hydrogens (primary N) is 1. The lowest BCUT2D eigenvalue weighted by Crippen LogP contribution is -2.46. The molecule has 1 aliphatic heterocycles. The summed E-state index contributed by atoms with van der Waals surface area (Å²) in [5.74, 6) is 0.887. The van der Waals surface area contributed by atoms with E-state index in [9.17, 15) is 4.79 Å². The van der Waals surface area contributed by atoms with E-state index >= 15 is 0 Å². The molecule has 0 bridgehead atoms. The van der Waals surface area contributed by atoms with Crippen LogP contribution in [0.25, 0.3) is 22.2 Å². The normalized spacial score (nSPS) is 13.7. The molecule has 0 unspecified atom stereocenters. The first kappa shape index (κ1) is 22.7. The molecule has 3 heterocycles. The van der Waals surface area contributed by atoms with Crippen LogP contribution in [0.4, 0.5) is 17.2 Å². The fourth-order valence-corrected chi connectivity index (χ4v) is 4.31. The smallest absolute Gasteiger partial charge is 0.224 e. The first-order valence-electron chi connectivity index (χ1n) is 12.0. The third-order valence-corrected chi connectivity index (χ3v) is 6.27. The highest BCUT2D eigenvalue weighted by molar-refractivity contribution is 5.91. The second-order valence-electron chi connectivity index (χ2n) is 8.63. The van der Waals surface area contributed by atoms with Gasteiger partial charge in [-0.1, -0.05) is 18.2 Å². The third kappa shape index (κ3) is 5.38. The van der Waals surface area contributed by atoms with Crippen LogP contribution >= 0.6 is 0 Å². The summed E-state index contributed by atoms with van der Waals surface area (Å²) in [4.78, 5) is 30.3. The van der Waals surface area contributed by atoms with Crippen molar-refractivity contribution >= 4 is 34.1 Å². The Kier molecular flexibility index (Phi) is 6.81. The molecule has 2 aromatic heterocycles. The van der Waals surface area contributed by atoms with Gasteiger partial charge in [-0.3, -0.25) is 14.8 Å². The van der Waals surface area contributed by atoms with E-state index in [2.05, 4.69) is 49.4 Å². The third-order valence-electron chi connectivity index (χ3n) is 6.27. The van der Waals surface area contributed by atoms with Gasteiger partial charge in [0.25, 0.3) is 0 Å². The highest BCUT2D eigenvalue weighted by Gasteiger charge is 2.19. The highest BCUT2D eigenvalue weighted by Crippen LogP contribution is 2.26. The summed E-state index contributed by atoms with van der Waals surface area (Å²) >= 11 is 0. The van der Waals surface area contributed by atoms with Gasteiger partial charge in [0.2, 0.25) is 5.91 Å². The summed E-state index contributed by atoms with van der Waals surface area (Å²) in [6.45, 7) is 4.15. The molecule has 8 nitrogen and oxygen atoms in total. The first-order chi connectivity index (χ1) is 17.2. The molecule has 3 N–H and O–H groups in total. The van der Waals surface area contributed by atoms with Gasteiger partial charge >= 0.3 is 0 Å². The van der Waals surface area contributed by atoms with Crippen molar-refractivity contribution in [2.45, 2.75) is 12.8 Å². The Morgan fingerprint density at radius 3 is 2.34 bits per heavy atom. The molecule has 0 spiro atoms. The van der Waals surface area contributed by atoms with Crippen molar-refractivity contribution in [2.24, 2.45) is 5.73 Å². The summed E-state index contributed by atoms with van der Waals surface area (Å²) in [6.07, 6.45) is 6.65. The second kappa shape index (κ2) is 10.5. The lowest BCUT2D eigenvalue weighted by atomic mass is 10.0. The zero-order valence-electron chi connectivity index (χ0n) is 19.6. The minimum Gasteiger partial charge on any atom is -0.368 e. The number of nitrogens with zero attached hydrogens (tertiary/aromatic N) is 5. The maximum atomic E-state index is 11.9. The number of amides is 1. The summed E-state index contributed by atoms with van der Waals surface area (Å²) in [7, 11) is 0. The number of hydrogen-bond donors (Lipinski definition) is 2. The van der Waals surface area contributed by atoms with Gasteiger partial charge in [0.15, 0.2) is 0 Å². The largest absolute Gasteiger partial charge is 0.368 e. The predicted octanol–water partition coefficient (Wildman–Crippen LogP) is 3.70. The molecular formula is C27H29N7O. The fourth-order valence-electron chi connectivity index (χ4n) is 4.31. The molecule has 0 aliphatic carbocycles. The monoisotopic (exact) mass is 467 g/mol. The average molecular weight is 468 g/mol. The van der Waals surface area contributed by atoms with E-state index in [1.807, 2.05) is 48.9 Å². The molecule has 8 heteroatoms. The number of benzene rings is 2. The number of piperazine rings is 1. The average Bonchev–Trinajstić information content (AvgIpc) is 2.92. The van der Waals surface area contributed by atoms with Crippen LogP contribution in [-0.4, -0.2) is 53.6 Å². The van der Waals surface area contributed by atoms with E-state index in [4.69, 9.17) is 10.7 Å². The second-order valence-corrected chi connectivity index (χ2v) is 8.63. The van der Waals surface area contributed by atoms with Crippen molar-refractivity contribution in [1.82, 2.24) is 15.0 Å². The number of hydrogen-bond acceptors (Lipinski definition) is 7. The van der Waals surface area contributed by atoms with Gasteiger partial charge in [-0.15, -0.1) is 0 Å². The van der Waals surface area contributed by atoms with Crippen LogP contribution in [0.2, 0.25) is 0 Å². The molecule has 4 aromatic rings. The molecule has 0 radical (unpaired) electrons. The van der Waals surface area contributed by atoms with Crippen molar-refractivity contribution in [3.63, 3.8) is 0 Å². The first-order valence-corrected chi connectivity index (χ1v) is 12.0. The van der Waals surface area contributed by atoms with E-state index in [-0.39, 0.29) is 5.91 Å². The van der Waals surface area contributed by atoms with Gasteiger partial charge in [0.05, 0.1) is 17.2 Å². The van der Waals surface area contributed by atoms with Gasteiger partial charge in [0.1, 0.15) is 5.82 Å². The molecule has 5 rings (SSSR count). The Morgan fingerprint density at radius 1 is 0.886 bits per heavy atom. The Hall–Kier alpha value is -4.04. The van der Waals surface area contributed by atoms with Crippen LogP contribution in [0.15, 0.2) is 73.2 Å². The van der Waals surface area contributed by atoms with Crippen LogP contribution in [0.5, 0.6) is 0 Å². The number of fused-ring (bicyclic) bond motifs is 1. The Balaban J connectivity index is 1.28. The molecule has 2 aromatic carbocycles. The summed E-state index contributed by atoms with van der Waals surface area (Å²) in [5.41, 5.74) is 11.3. The van der Waals surface area contributed by atoms with Crippen molar-refractivity contribution in [3.05, 3.63) is 73.2 Å². The predicted molar refractivity (Wildman–Crippen MR) is 141 cm³/mol. The number of aromatic nitrogens is 3. The van der Waals surface area contributed by atoms with Gasteiger partial charge < -0.3 is 20.9 Å². The van der Waals surface area contributed by atoms with Crippen LogP contribution in [-0.2, 0) is 4.79 Å².